The largest absolute Gasteiger partial charge is 0.478 e. The zero-order chi connectivity index (χ0) is 15.3. The Morgan fingerprint density at radius 3 is 2.55 bits per heavy atom. The fraction of sp³-hybridized carbons (Fsp3) is 0.250. The van der Waals surface area contributed by atoms with E-state index in [0.29, 0.717) is 0 Å². The lowest BCUT2D eigenvalue weighted by Gasteiger charge is -2.20. The summed E-state index contributed by atoms with van der Waals surface area (Å²) in [5, 5.41) is 11.7. The number of carbonyl (C=O) groups is 3. The van der Waals surface area contributed by atoms with Crippen molar-refractivity contribution in [2.75, 3.05) is 18.4 Å². The van der Waals surface area contributed by atoms with Crippen molar-refractivity contribution < 1.29 is 19.5 Å². The maximum Gasteiger partial charge on any atom is 0.337 e. The number of anilines is 1. The van der Waals surface area contributed by atoms with Crippen LogP contribution in [0, 0.1) is 0 Å². The molecule has 1 rings (SSSR count). The summed E-state index contributed by atoms with van der Waals surface area (Å²) in [4.78, 5) is 35.0. The topological polar surface area (TPSA) is 113 Å². The number of aromatic carboxylic acids is 1. The molecule has 0 aliphatic carbocycles. The van der Waals surface area contributed by atoms with Crippen molar-refractivity contribution >= 4 is 35.2 Å². The molecule has 0 fully saturated rings. The Kier molecular flexibility index (Phi) is 5.33. The molecule has 8 heteroatoms. The van der Waals surface area contributed by atoms with Crippen LogP contribution in [0.25, 0.3) is 0 Å². The summed E-state index contributed by atoms with van der Waals surface area (Å²) in [5.41, 5.74) is 4.98. The third-order valence-electron chi connectivity index (χ3n) is 2.47. The first-order chi connectivity index (χ1) is 9.35. The van der Waals surface area contributed by atoms with Gasteiger partial charge in [0.05, 0.1) is 11.3 Å². The van der Waals surface area contributed by atoms with Crippen LogP contribution in [-0.4, -0.2) is 41.0 Å². The van der Waals surface area contributed by atoms with Crippen molar-refractivity contribution in [1.29, 1.82) is 0 Å². The molecule has 0 aliphatic rings. The average Bonchev–Trinajstić information content (AvgIpc) is 2.37. The number of carbonyl (C=O) groups excluding carboxylic acids is 2. The molecule has 3 amide bonds. The number of amides is 3. The van der Waals surface area contributed by atoms with E-state index in [1.807, 2.05) is 0 Å². The zero-order valence-electron chi connectivity index (χ0n) is 10.7. The van der Waals surface area contributed by atoms with Gasteiger partial charge in [-0.05, 0) is 25.1 Å². The molecule has 1 aromatic carbocycles. The van der Waals surface area contributed by atoms with Crippen LogP contribution in [0.15, 0.2) is 18.2 Å². The van der Waals surface area contributed by atoms with Gasteiger partial charge in [-0.1, -0.05) is 11.6 Å². The van der Waals surface area contributed by atoms with Crippen LogP contribution in [-0.2, 0) is 4.79 Å². The Balaban J connectivity index is 2.95. The van der Waals surface area contributed by atoms with Crippen molar-refractivity contribution in [2.45, 2.75) is 6.92 Å². The highest BCUT2D eigenvalue weighted by Crippen LogP contribution is 2.21. The molecule has 0 spiro atoms. The number of carboxylic acid groups (broad SMARTS) is 1. The SMILES string of the molecule is CCN(CC(N)=O)C(=O)Nc1ccc(Cl)cc1C(=O)O. The van der Waals surface area contributed by atoms with Crippen molar-refractivity contribution in [3.8, 4) is 0 Å². The molecule has 1 aromatic rings. The van der Waals surface area contributed by atoms with Gasteiger partial charge in [-0.2, -0.15) is 0 Å². The maximum absolute atomic E-state index is 11.9. The third-order valence-corrected chi connectivity index (χ3v) is 2.70. The smallest absolute Gasteiger partial charge is 0.337 e. The van der Waals surface area contributed by atoms with Gasteiger partial charge in [0.15, 0.2) is 0 Å². The fourth-order valence-electron chi connectivity index (χ4n) is 1.51. The maximum atomic E-state index is 11.9. The van der Waals surface area contributed by atoms with Gasteiger partial charge in [0.1, 0.15) is 6.54 Å². The Morgan fingerprint density at radius 2 is 2.05 bits per heavy atom. The molecule has 108 valence electrons. The van der Waals surface area contributed by atoms with Crippen LogP contribution >= 0.6 is 11.6 Å². The molecule has 0 atom stereocenters. The zero-order valence-corrected chi connectivity index (χ0v) is 11.5. The van der Waals surface area contributed by atoms with Gasteiger partial charge in [-0.3, -0.25) is 4.79 Å². The molecule has 0 aliphatic heterocycles. The number of nitrogens with two attached hydrogens (primary N) is 1. The standard InChI is InChI=1S/C12H14ClN3O4/c1-2-16(6-10(14)17)12(20)15-9-4-3-7(13)5-8(9)11(18)19/h3-5H,2,6H2,1H3,(H2,14,17)(H,15,20)(H,18,19). The first-order valence-corrected chi connectivity index (χ1v) is 6.10. The molecule has 0 bridgehead atoms. The van der Waals surface area contributed by atoms with E-state index in [-0.39, 0.29) is 29.4 Å². The molecular formula is C12H14ClN3O4. The lowest BCUT2D eigenvalue weighted by Crippen LogP contribution is -2.41. The molecule has 4 N–H and O–H groups in total. The van der Waals surface area contributed by atoms with Gasteiger partial charge >= 0.3 is 12.0 Å². The molecule has 0 saturated carbocycles. The van der Waals surface area contributed by atoms with E-state index in [1.54, 1.807) is 6.92 Å². The highest BCUT2D eigenvalue weighted by molar-refractivity contribution is 6.31. The normalized spacial score (nSPS) is 9.90. The number of urea groups is 1. The van der Waals surface area contributed by atoms with Crippen LogP contribution in [0.4, 0.5) is 10.5 Å². The predicted molar refractivity (Wildman–Crippen MR) is 73.9 cm³/mol. The van der Waals surface area contributed by atoms with Crippen molar-refractivity contribution in [3.63, 3.8) is 0 Å². The summed E-state index contributed by atoms with van der Waals surface area (Å²) in [5.74, 6) is -1.88. The van der Waals surface area contributed by atoms with Crippen molar-refractivity contribution in [1.82, 2.24) is 4.90 Å². The number of carboxylic acids is 1. The third kappa shape index (κ3) is 4.13. The van der Waals surface area contributed by atoms with Gasteiger partial charge in [-0.15, -0.1) is 0 Å². The molecule has 0 aromatic heterocycles. The number of benzene rings is 1. The molecule has 0 heterocycles. The van der Waals surface area contributed by atoms with E-state index in [9.17, 15) is 14.4 Å². The molecular weight excluding hydrogens is 286 g/mol. The van der Waals surface area contributed by atoms with Crippen LogP contribution < -0.4 is 11.1 Å². The number of hydrogen-bond acceptors (Lipinski definition) is 3. The van der Waals surface area contributed by atoms with Crippen LogP contribution in [0.1, 0.15) is 17.3 Å². The summed E-state index contributed by atoms with van der Waals surface area (Å²) in [6, 6.07) is 3.44. The van der Waals surface area contributed by atoms with E-state index < -0.39 is 17.9 Å². The van der Waals surface area contributed by atoms with Gasteiger partial charge in [0.25, 0.3) is 0 Å². The number of primary amides is 1. The highest BCUT2D eigenvalue weighted by atomic mass is 35.5. The Hall–Kier alpha value is -2.28. The van der Waals surface area contributed by atoms with Gasteiger partial charge in [0.2, 0.25) is 5.91 Å². The number of hydrogen-bond donors (Lipinski definition) is 3. The van der Waals surface area contributed by atoms with Crippen molar-refractivity contribution in [3.05, 3.63) is 28.8 Å². The molecule has 0 unspecified atom stereocenters. The van der Waals surface area contributed by atoms with E-state index in [0.717, 1.165) is 4.90 Å². The number of nitrogens with one attached hydrogen (secondary N) is 1. The summed E-state index contributed by atoms with van der Waals surface area (Å²) < 4.78 is 0. The second-order valence-electron chi connectivity index (χ2n) is 3.91. The van der Waals surface area contributed by atoms with E-state index in [1.165, 1.54) is 18.2 Å². The number of likely N-dealkylation sites (N-methyl/N-ethyl adjacent to an activating group) is 1. The lowest BCUT2D eigenvalue weighted by atomic mass is 10.2. The predicted octanol–water partition coefficient (Wildman–Crippen LogP) is 1.38. The monoisotopic (exact) mass is 299 g/mol. The summed E-state index contributed by atoms with van der Waals surface area (Å²) in [6.07, 6.45) is 0. The molecule has 0 radical (unpaired) electrons. The molecule has 0 saturated heterocycles. The summed E-state index contributed by atoms with van der Waals surface area (Å²) >= 11 is 5.71. The Labute approximate surface area is 120 Å². The number of rotatable bonds is 5. The van der Waals surface area contributed by atoms with Crippen LogP contribution in [0.2, 0.25) is 5.02 Å². The number of nitrogens with zero attached hydrogens (tertiary/aromatic N) is 1. The van der Waals surface area contributed by atoms with Gasteiger partial charge in [0, 0.05) is 11.6 Å². The Morgan fingerprint density at radius 1 is 1.40 bits per heavy atom. The summed E-state index contributed by atoms with van der Waals surface area (Å²) in [7, 11) is 0. The Bertz CT molecular complexity index is 548. The van der Waals surface area contributed by atoms with Gasteiger partial charge in [-0.25, -0.2) is 9.59 Å². The van der Waals surface area contributed by atoms with E-state index >= 15 is 0 Å². The lowest BCUT2D eigenvalue weighted by molar-refractivity contribution is -0.118. The quantitative estimate of drug-likeness (QED) is 0.762. The van der Waals surface area contributed by atoms with Crippen molar-refractivity contribution in [2.24, 2.45) is 5.73 Å². The van der Waals surface area contributed by atoms with E-state index in [2.05, 4.69) is 5.32 Å². The fourth-order valence-corrected chi connectivity index (χ4v) is 1.68. The average molecular weight is 300 g/mol. The second kappa shape index (κ2) is 6.76. The minimum absolute atomic E-state index is 0.0924. The van der Waals surface area contributed by atoms with E-state index in [4.69, 9.17) is 22.4 Å². The van der Waals surface area contributed by atoms with Crippen LogP contribution in [0.3, 0.4) is 0 Å². The minimum Gasteiger partial charge on any atom is -0.478 e. The molecule has 20 heavy (non-hydrogen) atoms. The summed E-state index contributed by atoms with van der Waals surface area (Å²) in [6.45, 7) is 1.67. The minimum atomic E-state index is -1.22. The second-order valence-corrected chi connectivity index (χ2v) is 4.34. The molecule has 7 nitrogen and oxygen atoms in total. The van der Waals surface area contributed by atoms with Gasteiger partial charge < -0.3 is 21.1 Å². The van der Waals surface area contributed by atoms with Crippen LogP contribution in [0.5, 0.6) is 0 Å². The number of halogens is 1. The first-order valence-electron chi connectivity index (χ1n) is 5.72. The highest BCUT2D eigenvalue weighted by Gasteiger charge is 2.17. The first kappa shape index (κ1) is 15.8.